The van der Waals surface area contributed by atoms with Crippen LogP contribution >= 0.6 is 0 Å². The van der Waals surface area contributed by atoms with E-state index in [4.69, 9.17) is 9.47 Å². The molecule has 1 saturated heterocycles. The average Bonchev–Trinajstić information content (AvgIpc) is 3.55. The van der Waals surface area contributed by atoms with Crippen molar-refractivity contribution in [1.82, 2.24) is 4.90 Å². The molecular weight excluding hydrogens is 402 g/mol. The van der Waals surface area contributed by atoms with Gasteiger partial charge in [-0.1, -0.05) is 36.4 Å². The van der Waals surface area contributed by atoms with E-state index in [0.29, 0.717) is 30.9 Å². The third-order valence-electron chi connectivity index (χ3n) is 8.78. The van der Waals surface area contributed by atoms with Gasteiger partial charge in [-0.2, -0.15) is 0 Å². The predicted molar refractivity (Wildman–Crippen MR) is 119 cm³/mol. The number of nitrogens with zero attached hydrogens (tertiary/aromatic N) is 1. The number of Topliss-reactive ketones (excluding diaryl/α,β-unsaturated/α-hetero) is 1. The van der Waals surface area contributed by atoms with Gasteiger partial charge in [-0.05, 0) is 61.8 Å². The van der Waals surface area contributed by atoms with Crippen molar-refractivity contribution >= 4 is 5.78 Å². The molecule has 32 heavy (non-hydrogen) atoms. The van der Waals surface area contributed by atoms with Crippen molar-refractivity contribution in [3.05, 3.63) is 59.2 Å². The molecule has 2 aromatic rings. The summed E-state index contributed by atoms with van der Waals surface area (Å²) in [5.41, 5.74) is 1.81. The third-order valence-corrected chi connectivity index (χ3v) is 8.78. The number of carbonyl (C=O) groups is 1. The summed E-state index contributed by atoms with van der Waals surface area (Å²) in [5, 5.41) is 12.3. The van der Waals surface area contributed by atoms with E-state index in [2.05, 4.69) is 11.0 Å². The van der Waals surface area contributed by atoms with Crippen LogP contribution in [-0.4, -0.2) is 46.6 Å². The molecule has 4 atom stereocenters. The Bertz CT molecular complexity index is 1100. The molecule has 1 unspecified atom stereocenters. The maximum Gasteiger partial charge on any atom is 0.174 e. The van der Waals surface area contributed by atoms with Crippen molar-refractivity contribution < 1.29 is 19.4 Å². The smallest absolute Gasteiger partial charge is 0.174 e. The lowest BCUT2D eigenvalue weighted by Crippen LogP contribution is -2.76. The molecule has 0 radical (unpaired) electrons. The van der Waals surface area contributed by atoms with E-state index in [-0.39, 0.29) is 11.8 Å². The lowest BCUT2D eigenvalue weighted by atomic mass is 9.49. The monoisotopic (exact) mass is 431 g/mol. The first-order valence-corrected chi connectivity index (χ1v) is 12.1. The van der Waals surface area contributed by atoms with Gasteiger partial charge < -0.3 is 14.6 Å². The Morgan fingerprint density at radius 1 is 1.12 bits per heavy atom. The lowest BCUT2D eigenvalue weighted by Gasteiger charge is -2.62. The van der Waals surface area contributed by atoms with Crippen LogP contribution in [0.4, 0.5) is 0 Å². The van der Waals surface area contributed by atoms with E-state index in [1.807, 2.05) is 36.4 Å². The van der Waals surface area contributed by atoms with E-state index in [1.54, 1.807) is 0 Å². The highest BCUT2D eigenvalue weighted by molar-refractivity contribution is 5.90. The number of ether oxygens (including phenoxy) is 2. The zero-order chi connectivity index (χ0) is 21.5. The number of likely N-dealkylation sites (tertiary alicyclic amines) is 1. The molecule has 2 saturated carbocycles. The minimum Gasteiger partial charge on any atom is -0.485 e. The van der Waals surface area contributed by atoms with E-state index < -0.39 is 17.1 Å². The molecule has 0 amide bonds. The summed E-state index contributed by atoms with van der Waals surface area (Å²) < 4.78 is 12.7. The lowest BCUT2D eigenvalue weighted by molar-refractivity contribution is -0.188. The number of ketones is 1. The number of rotatable bonds is 5. The molecule has 7 rings (SSSR count). The Morgan fingerprint density at radius 2 is 1.97 bits per heavy atom. The first-order valence-electron chi connectivity index (χ1n) is 12.1. The van der Waals surface area contributed by atoms with Crippen LogP contribution < -0.4 is 9.47 Å². The van der Waals surface area contributed by atoms with E-state index in [1.165, 1.54) is 18.4 Å². The van der Waals surface area contributed by atoms with Gasteiger partial charge in [0.1, 0.15) is 6.61 Å². The molecule has 1 N–H and O–H groups in total. The Kier molecular flexibility index (Phi) is 3.93. The van der Waals surface area contributed by atoms with Gasteiger partial charge in [-0.3, -0.25) is 9.69 Å². The fraction of sp³-hybridized carbons (Fsp3) is 0.519. The van der Waals surface area contributed by atoms with Gasteiger partial charge in [-0.15, -0.1) is 0 Å². The van der Waals surface area contributed by atoms with Crippen LogP contribution in [0.25, 0.3) is 0 Å². The van der Waals surface area contributed by atoms with Crippen molar-refractivity contribution in [2.45, 2.75) is 68.3 Å². The van der Waals surface area contributed by atoms with Gasteiger partial charge >= 0.3 is 0 Å². The highest BCUT2D eigenvalue weighted by Gasteiger charge is 2.73. The number of carbonyl (C=O) groups excluding carboxylic acids is 1. The summed E-state index contributed by atoms with van der Waals surface area (Å²) in [7, 11) is 0. The molecule has 2 aliphatic heterocycles. The van der Waals surface area contributed by atoms with Gasteiger partial charge in [0.25, 0.3) is 0 Å². The summed E-state index contributed by atoms with van der Waals surface area (Å²) in [6.45, 7) is 2.44. The van der Waals surface area contributed by atoms with E-state index in [0.717, 1.165) is 43.0 Å². The van der Waals surface area contributed by atoms with Crippen molar-refractivity contribution in [3.63, 3.8) is 0 Å². The normalized spacial score (nSPS) is 34.7. The molecule has 0 aromatic heterocycles. The molecule has 3 fully saturated rings. The Labute approximate surface area is 188 Å². The molecule has 2 aromatic carbocycles. The fourth-order valence-electron chi connectivity index (χ4n) is 7.10. The molecule has 3 aliphatic carbocycles. The number of aliphatic hydroxyl groups is 1. The summed E-state index contributed by atoms with van der Waals surface area (Å²) in [4.78, 5) is 15.7. The zero-order valence-corrected chi connectivity index (χ0v) is 18.3. The summed E-state index contributed by atoms with van der Waals surface area (Å²) in [6.07, 6.45) is 4.52. The van der Waals surface area contributed by atoms with Crippen molar-refractivity contribution in [3.8, 4) is 11.5 Å². The Balaban J connectivity index is 1.32. The standard InChI is InChI=1S/C27H29NO4/c29-20-10-11-27(30)22-14-19-8-9-21(31-16-18-4-2-1-3-5-18)24-23(19)26(27,25(20)32-24)12-13-28(22)15-17-6-7-17/h1-5,8-9,17,22,25,30H,6-7,10-16H2/t22-,25+,26+,27?/m1/s1. The number of benzene rings is 2. The number of piperidine rings is 1. The minimum atomic E-state index is -0.922. The Morgan fingerprint density at radius 3 is 2.78 bits per heavy atom. The highest BCUT2D eigenvalue weighted by atomic mass is 16.5. The molecule has 2 bridgehead atoms. The molecule has 5 nitrogen and oxygen atoms in total. The maximum atomic E-state index is 13.1. The zero-order valence-electron chi connectivity index (χ0n) is 18.3. The largest absolute Gasteiger partial charge is 0.485 e. The summed E-state index contributed by atoms with van der Waals surface area (Å²) >= 11 is 0. The fourth-order valence-corrected chi connectivity index (χ4v) is 7.10. The predicted octanol–water partition coefficient (Wildman–Crippen LogP) is 3.40. The second-order valence-electron chi connectivity index (χ2n) is 10.5. The average molecular weight is 432 g/mol. The van der Waals surface area contributed by atoms with E-state index >= 15 is 0 Å². The van der Waals surface area contributed by atoms with Gasteiger partial charge in [0, 0.05) is 24.6 Å². The number of hydrogen-bond acceptors (Lipinski definition) is 5. The van der Waals surface area contributed by atoms with Gasteiger partial charge in [0.05, 0.1) is 11.0 Å². The first kappa shape index (κ1) is 19.1. The van der Waals surface area contributed by atoms with Crippen molar-refractivity contribution in [1.29, 1.82) is 0 Å². The maximum absolute atomic E-state index is 13.1. The van der Waals surface area contributed by atoms with Gasteiger partial charge in [0.2, 0.25) is 0 Å². The van der Waals surface area contributed by atoms with Gasteiger partial charge in [-0.25, -0.2) is 0 Å². The second kappa shape index (κ2) is 6.58. The summed E-state index contributed by atoms with van der Waals surface area (Å²) in [6, 6.07) is 14.3. The molecule has 166 valence electrons. The van der Waals surface area contributed by atoms with Crippen LogP contribution in [0.3, 0.4) is 0 Å². The Hall–Kier alpha value is -2.37. The second-order valence-corrected chi connectivity index (χ2v) is 10.5. The molecule has 5 heteroatoms. The topological polar surface area (TPSA) is 59.0 Å². The minimum absolute atomic E-state index is 0.0607. The van der Waals surface area contributed by atoms with Gasteiger partial charge in [0.15, 0.2) is 23.4 Å². The van der Waals surface area contributed by atoms with Crippen molar-refractivity contribution in [2.75, 3.05) is 13.1 Å². The molecule has 1 spiro atoms. The van der Waals surface area contributed by atoms with Crippen LogP contribution in [0.15, 0.2) is 42.5 Å². The van der Waals surface area contributed by atoms with Crippen LogP contribution in [0.2, 0.25) is 0 Å². The molecular formula is C27H29NO4. The SMILES string of the molecule is O=C1CCC2(O)[C@H]3Cc4ccc(OCc5ccccc5)c5c4[C@@]2(CCN3CC2CC2)[C@H]1O5. The molecule has 2 heterocycles. The van der Waals surface area contributed by atoms with Crippen LogP contribution in [0, 0.1) is 5.92 Å². The quantitative estimate of drug-likeness (QED) is 0.786. The third kappa shape index (κ3) is 2.44. The van der Waals surface area contributed by atoms with Crippen LogP contribution in [0.5, 0.6) is 11.5 Å². The van der Waals surface area contributed by atoms with Crippen LogP contribution in [-0.2, 0) is 23.2 Å². The van der Waals surface area contributed by atoms with E-state index in [9.17, 15) is 9.90 Å². The number of hydrogen-bond donors (Lipinski definition) is 1. The van der Waals surface area contributed by atoms with Crippen molar-refractivity contribution in [2.24, 2.45) is 5.92 Å². The highest BCUT2D eigenvalue weighted by Crippen LogP contribution is 2.65. The van der Waals surface area contributed by atoms with Crippen LogP contribution in [0.1, 0.15) is 48.8 Å². The first-order chi connectivity index (χ1) is 15.6. The molecule has 5 aliphatic rings. The summed E-state index contributed by atoms with van der Waals surface area (Å²) in [5.74, 6) is 2.29.